The highest BCUT2D eigenvalue weighted by atomic mass is 16.3. The lowest BCUT2D eigenvalue weighted by atomic mass is 10.2. The third kappa shape index (κ3) is 3.71. The predicted octanol–water partition coefficient (Wildman–Crippen LogP) is 2.25. The summed E-state index contributed by atoms with van der Waals surface area (Å²) < 4.78 is 4.98. The molecule has 6 nitrogen and oxygen atoms in total. The van der Waals surface area contributed by atoms with Crippen molar-refractivity contribution in [2.45, 2.75) is 12.8 Å². The van der Waals surface area contributed by atoms with Gasteiger partial charge in [-0.2, -0.15) is 0 Å². The molecule has 2 amide bonds. The summed E-state index contributed by atoms with van der Waals surface area (Å²) in [6.45, 7) is 1.90. The first-order chi connectivity index (χ1) is 11.2. The van der Waals surface area contributed by atoms with E-state index in [-0.39, 0.29) is 18.2 Å². The predicted molar refractivity (Wildman–Crippen MR) is 87.6 cm³/mol. The highest BCUT2D eigenvalue weighted by Gasteiger charge is 2.17. The van der Waals surface area contributed by atoms with Crippen LogP contribution < -0.4 is 15.5 Å². The Morgan fingerprint density at radius 2 is 1.87 bits per heavy atom. The summed E-state index contributed by atoms with van der Waals surface area (Å²) in [4.78, 5) is 26.1. The van der Waals surface area contributed by atoms with E-state index < -0.39 is 5.91 Å². The van der Waals surface area contributed by atoms with Gasteiger partial charge in [0.25, 0.3) is 5.91 Å². The molecule has 1 aliphatic heterocycles. The second kappa shape index (κ2) is 7.00. The molecule has 3 rings (SSSR count). The number of rotatable bonds is 5. The Morgan fingerprint density at radius 3 is 2.61 bits per heavy atom. The first kappa shape index (κ1) is 15.1. The lowest BCUT2D eigenvalue weighted by molar-refractivity contribution is -0.115. The molecule has 0 unspecified atom stereocenters. The zero-order valence-corrected chi connectivity index (χ0v) is 12.7. The van der Waals surface area contributed by atoms with Crippen LogP contribution in [-0.4, -0.2) is 31.4 Å². The minimum Gasteiger partial charge on any atom is -0.459 e. The molecule has 1 aromatic heterocycles. The number of carbonyl (C=O) groups excluding carboxylic acids is 2. The maximum Gasteiger partial charge on any atom is 0.287 e. The lowest BCUT2D eigenvalue weighted by Crippen LogP contribution is -2.33. The summed E-state index contributed by atoms with van der Waals surface area (Å²) >= 11 is 0. The van der Waals surface area contributed by atoms with E-state index in [4.69, 9.17) is 4.42 Å². The third-order valence-electron chi connectivity index (χ3n) is 3.78. The molecule has 1 aliphatic rings. The van der Waals surface area contributed by atoms with Crippen LogP contribution in [-0.2, 0) is 4.79 Å². The molecule has 1 aromatic carbocycles. The van der Waals surface area contributed by atoms with Gasteiger partial charge in [-0.25, -0.2) is 0 Å². The van der Waals surface area contributed by atoms with Crippen LogP contribution in [0.15, 0.2) is 47.1 Å². The number of nitrogens with one attached hydrogen (secondary N) is 2. The number of anilines is 2. The van der Waals surface area contributed by atoms with Crippen LogP contribution in [0.4, 0.5) is 11.4 Å². The van der Waals surface area contributed by atoms with E-state index in [0.29, 0.717) is 0 Å². The van der Waals surface area contributed by atoms with Crippen molar-refractivity contribution in [3.8, 4) is 0 Å². The van der Waals surface area contributed by atoms with E-state index in [1.807, 2.05) is 24.3 Å². The van der Waals surface area contributed by atoms with E-state index in [0.717, 1.165) is 24.5 Å². The number of carbonyl (C=O) groups is 2. The van der Waals surface area contributed by atoms with E-state index in [1.54, 1.807) is 12.1 Å². The van der Waals surface area contributed by atoms with Gasteiger partial charge in [-0.3, -0.25) is 9.59 Å². The lowest BCUT2D eigenvalue weighted by Gasteiger charge is -2.21. The second-order valence-corrected chi connectivity index (χ2v) is 5.42. The number of hydrogen-bond acceptors (Lipinski definition) is 4. The van der Waals surface area contributed by atoms with Crippen molar-refractivity contribution in [3.63, 3.8) is 0 Å². The van der Waals surface area contributed by atoms with Crippen molar-refractivity contribution in [1.29, 1.82) is 0 Å². The molecule has 0 spiro atoms. The van der Waals surface area contributed by atoms with Gasteiger partial charge in [0.05, 0.1) is 24.2 Å². The fraction of sp³-hybridized carbons (Fsp3) is 0.294. The average Bonchev–Trinajstić information content (AvgIpc) is 3.26. The molecular formula is C17H19N3O3. The van der Waals surface area contributed by atoms with Crippen molar-refractivity contribution in [3.05, 3.63) is 48.4 Å². The van der Waals surface area contributed by atoms with Gasteiger partial charge in [-0.15, -0.1) is 0 Å². The van der Waals surface area contributed by atoms with Gasteiger partial charge in [0.1, 0.15) is 0 Å². The SMILES string of the molecule is O=C(CNC(=O)c1ccco1)Nc1ccccc1N1CCCC1. The molecule has 0 atom stereocenters. The summed E-state index contributed by atoms with van der Waals surface area (Å²) in [5.41, 5.74) is 1.79. The van der Waals surface area contributed by atoms with Gasteiger partial charge >= 0.3 is 0 Å². The Kier molecular flexibility index (Phi) is 4.61. The molecular weight excluding hydrogens is 294 g/mol. The summed E-state index contributed by atoms with van der Waals surface area (Å²) in [6.07, 6.45) is 3.75. The topological polar surface area (TPSA) is 74.6 Å². The maximum atomic E-state index is 12.1. The molecule has 120 valence electrons. The molecule has 6 heteroatoms. The Labute approximate surface area is 134 Å². The fourth-order valence-electron chi connectivity index (χ4n) is 2.66. The van der Waals surface area contributed by atoms with Crippen LogP contribution in [0, 0.1) is 0 Å². The second-order valence-electron chi connectivity index (χ2n) is 5.42. The number of para-hydroxylation sites is 2. The van der Waals surface area contributed by atoms with E-state index in [2.05, 4.69) is 15.5 Å². The highest BCUT2D eigenvalue weighted by Crippen LogP contribution is 2.28. The Balaban J connectivity index is 1.58. The molecule has 0 saturated carbocycles. The van der Waals surface area contributed by atoms with E-state index >= 15 is 0 Å². The van der Waals surface area contributed by atoms with Crippen molar-refractivity contribution in [1.82, 2.24) is 5.32 Å². The minimum absolute atomic E-state index is 0.103. The number of hydrogen-bond donors (Lipinski definition) is 2. The average molecular weight is 313 g/mol. The molecule has 2 heterocycles. The summed E-state index contributed by atoms with van der Waals surface area (Å²) in [5, 5.41) is 5.40. The van der Waals surface area contributed by atoms with Crippen molar-refractivity contribution in [2.24, 2.45) is 0 Å². The van der Waals surface area contributed by atoms with Crippen molar-refractivity contribution < 1.29 is 14.0 Å². The van der Waals surface area contributed by atoms with Gasteiger partial charge < -0.3 is 20.0 Å². The number of nitrogens with zero attached hydrogens (tertiary/aromatic N) is 1. The summed E-state index contributed by atoms with van der Waals surface area (Å²) in [6, 6.07) is 10.9. The monoisotopic (exact) mass is 313 g/mol. The Hall–Kier alpha value is -2.76. The molecule has 1 fully saturated rings. The summed E-state index contributed by atoms with van der Waals surface area (Å²) in [7, 11) is 0. The first-order valence-corrected chi connectivity index (χ1v) is 7.69. The van der Waals surface area contributed by atoms with Gasteiger partial charge in [-0.05, 0) is 37.1 Å². The van der Waals surface area contributed by atoms with Crippen LogP contribution in [0.25, 0.3) is 0 Å². The van der Waals surface area contributed by atoms with Crippen LogP contribution in [0.1, 0.15) is 23.4 Å². The van der Waals surface area contributed by atoms with Gasteiger partial charge in [0.2, 0.25) is 5.91 Å². The normalized spacial score (nSPS) is 13.8. The molecule has 1 saturated heterocycles. The number of benzene rings is 1. The Bertz CT molecular complexity index is 676. The first-order valence-electron chi connectivity index (χ1n) is 7.69. The highest BCUT2D eigenvalue weighted by molar-refractivity contribution is 5.99. The van der Waals surface area contributed by atoms with E-state index in [1.165, 1.54) is 19.1 Å². The number of amides is 2. The van der Waals surface area contributed by atoms with Crippen LogP contribution >= 0.6 is 0 Å². The maximum absolute atomic E-state index is 12.1. The van der Waals surface area contributed by atoms with Gasteiger partial charge in [0, 0.05) is 13.1 Å². The molecule has 0 radical (unpaired) electrons. The van der Waals surface area contributed by atoms with Crippen molar-refractivity contribution >= 4 is 23.2 Å². The Morgan fingerprint density at radius 1 is 1.09 bits per heavy atom. The molecule has 2 N–H and O–H groups in total. The zero-order chi connectivity index (χ0) is 16.1. The van der Waals surface area contributed by atoms with Crippen LogP contribution in [0.3, 0.4) is 0 Å². The number of furan rings is 1. The molecule has 2 aromatic rings. The van der Waals surface area contributed by atoms with Crippen LogP contribution in [0.2, 0.25) is 0 Å². The summed E-state index contributed by atoms with van der Waals surface area (Å²) in [5.74, 6) is -0.482. The van der Waals surface area contributed by atoms with Gasteiger partial charge in [-0.1, -0.05) is 12.1 Å². The quantitative estimate of drug-likeness (QED) is 0.888. The smallest absolute Gasteiger partial charge is 0.287 e. The third-order valence-corrected chi connectivity index (χ3v) is 3.78. The molecule has 23 heavy (non-hydrogen) atoms. The van der Waals surface area contributed by atoms with Crippen molar-refractivity contribution in [2.75, 3.05) is 29.9 Å². The van der Waals surface area contributed by atoms with Crippen LogP contribution in [0.5, 0.6) is 0 Å². The van der Waals surface area contributed by atoms with E-state index in [9.17, 15) is 9.59 Å². The minimum atomic E-state index is -0.405. The zero-order valence-electron chi connectivity index (χ0n) is 12.7. The molecule has 0 aliphatic carbocycles. The standard InChI is InChI=1S/C17H19N3O3/c21-16(12-18-17(22)15-8-5-11-23-15)19-13-6-1-2-7-14(13)20-9-3-4-10-20/h1-2,5-8,11H,3-4,9-10,12H2,(H,18,22)(H,19,21). The fourth-order valence-corrected chi connectivity index (χ4v) is 2.66. The molecule has 0 bridgehead atoms. The van der Waals surface area contributed by atoms with Gasteiger partial charge in [0.15, 0.2) is 5.76 Å². The largest absolute Gasteiger partial charge is 0.459 e.